The molecule has 0 bridgehead atoms. The van der Waals surface area contributed by atoms with Gasteiger partial charge in [0, 0.05) is 11.5 Å². The van der Waals surface area contributed by atoms with Gasteiger partial charge in [-0.2, -0.15) is 0 Å². The van der Waals surface area contributed by atoms with Gasteiger partial charge in [0.2, 0.25) is 0 Å². The normalized spacial score (nSPS) is 14.0. The van der Waals surface area contributed by atoms with Crippen molar-refractivity contribution in [2.75, 3.05) is 11.5 Å². The van der Waals surface area contributed by atoms with Crippen molar-refractivity contribution in [3.05, 3.63) is 0 Å². The highest BCUT2D eigenvalue weighted by Gasteiger charge is 2.14. The molecule has 10 heteroatoms. The summed E-state index contributed by atoms with van der Waals surface area (Å²) in [6.07, 6.45) is 0. The van der Waals surface area contributed by atoms with Gasteiger partial charge in [-0.05, 0) is 0 Å². The lowest BCUT2D eigenvalue weighted by atomic mass is 10.3. The third kappa shape index (κ3) is 6.15. The Kier molecular flexibility index (Phi) is 8.33. The van der Waals surface area contributed by atoms with E-state index in [0.29, 0.717) is 11.5 Å². The molecule has 0 aromatic heterocycles. The lowest BCUT2D eigenvalue weighted by Crippen LogP contribution is -2.45. The van der Waals surface area contributed by atoms with E-state index >= 15 is 0 Å². The monoisotopic (exact) mass is 268 g/mol. The number of hydrogen-bond donors (Lipinski definition) is 6. The van der Waals surface area contributed by atoms with Crippen LogP contribution < -0.4 is 34.0 Å². The molecule has 16 heavy (non-hydrogen) atoms. The van der Waals surface area contributed by atoms with Crippen molar-refractivity contribution in [2.45, 2.75) is 12.1 Å². The Morgan fingerprint density at radius 2 is 1.25 bits per heavy atom. The van der Waals surface area contributed by atoms with Crippen LogP contribution >= 0.6 is 21.6 Å². The second-order valence-electron chi connectivity index (χ2n) is 2.80. The minimum atomic E-state index is -0.679. The van der Waals surface area contributed by atoms with Crippen LogP contribution in [0.5, 0.6) is 0 Å². The largest absolute Gasteiger partial charge is 0.319 e. The van der Waals surface area contributed by atoms with Crippen LogP contribution in [0, 0.1) is 0 Å². The fourth-order valence-corrected chi connectivity index (χ4v) is 2.85. The molecule has 0 aliphatic carbocycles. The molecule has 2 amide bonds. The minimum absolute atomic E-state index is 0.380. The second kappa shape index (κ2) is 8.61. The average Bonchev–Trinajstić information content (AvgIpc) is 2.31. The Morgan fingerprint density at radius 3 is 1.50 bits per heavy atom. The van der Waals surface area contributed by atoms with Gasteiger partial charge in [-0.25, -0.2) is 11.7 Å². The number of carbonyl (C=O) groups is 2. The highest BCUT2D eigenvalue weighted by Crippen LogP contribution is 2.21. The molecule has 10 N–H and O–H groups in total. The first-order chi connectivity index (χ1) is 7.52. The van der Waals surface area contributed by atoms with E-state index in [4.69, 9.17) is 23.2 Å². The molecule has 2 atom stereocenters. The molecule has 0 radical (unpaired) electrons. The van der Waals surface area contributed by atoms with Crippen LogP contribution in [0.15, 0.2) is 0 Å². The third-order valence-corrected chi connectivity index (χ3v) is 4.01. The molecular formula is C6H16N6O2S2. The molecule has 0 fully saturated rings. The number of hydrazine groups is 2. The highest BCUT2D eigenvalue weighted by atomic mass is 33.1. The van der Waals surface area contributed by atoms with E-state index in [-0.39, 0.29) is 0 Å². The van der Waals surface area contributed by atoms with Crippen molar-refractivity contribution in [1.29, 1.82) is 0 Å². The molecule has 94 valence electrons. The summed E-state index contributed by atoms with van der Waals surface area (Å²) in [7, 11) is 2.67. The van der Waals surface area contributed by atoms with Crippen LogP contribution in [0.25, 0.3) is 0 Å². The molecule has 2 unspecified atom stereocenters. The first-order valence-electron chi connectivity index (χ1n) is 4.29. The van der Waals surface area contributed by atoms with Crippen molar-refractivity contribution in [3.63, 3.8) is 0 Å². The molecule has 0 heterocycles. The van der Waals surface area contributed by atoms with E-state index in [1.807, 2.05) is 10.9 Å². The van der Waals surface area contributed by atoms with E-state index < -0.39 is 23.9 Å². The van der Waals surface area contributed by atoms with Gasteiger partial charge < -0.3 is 11.5 Å². The summed E-state index contributed by atoms with van der Waals surface area (Å²) in [6, 6.07) is -1.36. The van der Waals surface area contributed by atoms with Crippen LogP contribution in [0.2, 0.25) is 0 Å². The Hall–Kier alpha value is -0.520. The third-order valence-electron chi connectivity index (χ3n) is 1.54. The van der Waals surface area contributed by atoms with Crippen LogP contribution in [0.3, 0.4) is 0 Å². The van der Waals surface area contributed by atoms with Crippen molar-refractivity contribution >= 4 is 33.4 Å². The van der Waals surface area contributed by atoms with Gasteiger partial charge in [0.25, 0.3) is 11.8 Å². The quantitative estimate of drug-likeness (QED) is 0.0935. The molecule has 0 aromatic rings. The van der Waals surface area contributed by atoms with Gasteiger partial charge in [0.05, 0.1) is 12.1 Å². The number of rotatable bonds is 7. The van der Waals surface area contributed by atoms with Gasteiger partial charge in [0.1, 0.15) is 0 Å². The van der Waals surface area contributed by atoms with Crippen molar-refractivity contribution < 1.29 is 9.59 Å². The summed E-state index contributed by atoms with van der Waals surface area (Å²) >= 11 is 0. The van der Waals surface area contributed by atoms with Gasteiger partial charge >= 0.3 is 0 Å². The highest BCUT2D eigenvalue weighted by molar-refractivity contribution is 8.76. The summed E-state index contributed by atoms with van der Waals surface area (Å²) in [5, 5.41) is 0. The summed E-state index contributed by atoms with van der Waals surface area (Å²) < 4.78 is 0. The van der Waals surface area contributed by atoms with Gasteiger partial charge in [0.15, 0.2) is 0 Å². The minimum Gasteiger partial charge on any atom is -0.319 e. The van der Waals surface area contributed by atoms with Gasteiger partial charge in [-0.3, -0.25) is 20.4 Å². The van der Waals surface area contributed by atoms with Crippen molar-refractivity contribution in [2.24, 2.45) is 23.2 Å². The van der Waals surface area contributed by atoms with E-state index in [2.05, 4.69) is 0 Å². The van der Waals surface area contributed by atoms with E-state index in [1.165, 1.54) is 21.6 Å². The zero-order valence-corrected chi connectivity index (χ0v) is 10.1. The topological polar surface area (TPSA) is 162 Å². The summed E-state index contributed by atoms with van der Waals surface area (Å²) in [5.41, 5.74) is 14.8. The molecule has 0 saturated carbocycles. The first-order valence-corrected chi connectivity index (χ1v) is 6.78. The SMILES string of the molecule is NNC(=O)C(N)CSSCC(N)C(=O)NN. The molecule has 0 saturated heterocycles. The Bertz CT molecular complexity index is 217. The molecule has 0 rings (SSSR count). The number of hydrogen-bond acceptors (Lipinski definition) is 8. The predicted molar refractivity (Wildman–Crippen MR) is 65.5 cm³/mol. The Balaban J connectivity index is 3.60. The number of nitrogens with one attached hydrogen (secondary N) is 2. The number of amides is 2. The Morgan fingerprint density at radius 1 is 0.938 bits per heavy atom. The maximum absolute atomic E-state index is 10.9. The molecule has 0 spiro atoms. The zero-order valence-electron chi connectivity index (χ0n) is 8.51. The molecule has 0 aliphatic rings. The fourth-order valence-electron chi connectivity index (χ4n) is 0.608. The molecular weight excluding hydrogens is 252 g/mol. The second-order valence-corrected chi connectivity index (χ2v) is 5.35. The number of nitrogens with two attached hydrogens (primary N) is 4. The lowest BCUT2D eigenvalue weighted by Gasteiger charge is -2.10. The first kappa shape index (κ1) is 15.5. The van der Waals surface area contributed by atoms with Crippen LogP contribution in [0.4, 0.5) is 0 Å². The maximum Gasteiger partial charge on any atom is 0.251 e. The van der Waals surface area contributed by atoms with Crippen molar-refractivity contribution in [1.82, 2.24) is 10.9 Å². The standard InChI is InChI=1S/C6H16N6O2S2/c7-3(5(13)11-9)1-15-16-2-4(8)6(14)12-10/h3-4H,1-2,7-10H2,(H,11,13)(H,12,14). The number of carbonyl (C=O) groups excluding carboxylic acids is 2. The summed E-state index contributed by atoms with van der Waals surface area (Å²) in [4.78, 5) is 21.8. The summed E-state index contributed by atoms with van der Waals surface area (Å²) in [6.45, 7) is 0. The van der Waals surface area contributed by atoms with Crippen molar-refractivity contribution in [3.8, 4) is 0 Å². The predicted octanol–water partition coefficient (Wildman–Crippen LogP) is -3.00. The van der Waals surface area contributed by atoms with Crippen LogP contribution in [-0.2, 0) is 9.59 Å². The fraction of sp³-hybridized carbons (Fsp3) is 0.667. The summed E-state index contributed by atoms with van der Waals surface area (Å²) in [5.74, 6) is 9.69. The van der Waals surface area contributed by atoms with Gasteiger partial charge in [-0.15, -0.1) is 0 Å². The molecule has 0 aliphatic heterocycles. The van der Waals surface area contributed by atoms with Crippen LogP contribution in [-0.4, -0.2) is 35.4 Å². The smallest absolute Gasteiger partial charge is 0.251 e. The average molecular weight is 268 g/mol. The van der Waals surface area contributed by atoms with Gasteiger partial charge in [-0.1, -0.05) is 21.6 Å². The van der Waals surface area contributed by atoms with E-state index in [9.17, 15) is 9.59 Å². The molecule has 0 aromatic carbocycles. The Labute approximate surface area is 101 Å². The molecule has 8 nitrogen and oxygen atoms in total. The van der Waals surface area contributed by atoms with Crippen LogP contribution in [0.1, 0.15) is 0 Å². The van der Waals surface area contributed by atoms with E-state index in [0.717, 1.165) is 0 Å². The maximum atomic E-state index is 10.9. The van der Waals surface area contributed by atoms with E-state index in [1.54, 1.807) is 0 Å². The zero-order chi connectivity index (χ0) is 12.6. The lowest BCUT2D eigenvalue weighted by molar-refractivity contribution is -0.122.